The van der Waals surface area contributed by atoms with Gasteiger partial charge in [0.1, 0.15) is 5.75 Å². The zero-order valence-corrected chi connectivity index (χ0v) is 17.3. The topological polar surface area (TPSA) is 84.5 Å². The molecule has 0 radical (unpaired) electrons. The van der Waals surface area contributed by atoms with E-state index in [-0.39, 0.29) is 18.3 Å². The lowest BCUT2D eigenvalue weighted by Crippen LogP contribution is -2.28. The minimum atomic E-state index is -0.405. The van der Waals surface area contributed by atoms with Crippen molar-refractivity contribution < 1.29 is 19.1 Å². The molecule has 0 aromatic heterocycles. The number of carbonyl (C=O) groups is 3. The summed E-state index contributed by atoms with van der Waals surface area (Å²) >= 11 is 0. The van der Waals surface area contributed by atoms with Gasteiger partial charge in [0, 0.05) is 12.1 Å². The molecule has 6 heteroatoms. The number of para-hydroxylation sites is 1. The van der Waals surface area contributed by atoms with Crippen LogP contribution in [0.1, 0.15) is 33.2 Å². The predicted molar refractivity (Wildman–Crippen MR) is 119 cm³/mol. The zero-order chi connectivity index (χ0) is 22.1. The van der Waals surface area contributed by atoms with Crippen molar-refractivity contribution in [3.63, 3.8) is 0 Å². The molecule has 0 saturated carbocycles. The van der Waals surface area contributed by atoms with Gasteiger partial charge in [-0.15, -0.1) is 0 Å². The fourth-order valence-electron chi connectivity index (χ4n) is 2.99. The number of nitrogens with one attached hydrogen (secondary N) is 2. The van der Waals surface area contributed by atoms with Crippen molar-refractivity contribution >= 4 is 23.3 Å². The second-order valence-corrected chi connectivity index (χ2v) is 6.96. The summed E-state index contributed by atoms with van der Waals surface area (Å²) in [4.78, 5) is 36.4. The second kappa shape index (κ2) is 10.7. The molecule has 3 aromatic carbocycles. The summed E-state index contributed by atoms with van der Waals surface area (Å²) in [5, 5.41) is 5.60. The highest BCUT2D eigenvalue weighted by Crippen LogP contribution is 2.16. The van der Waals surface area contributed by atoms with Crippen LogP contribution in [0.25, 0.3) is 0 Å². The van der Waals surface area contributed by atoms with E-state index < -0.39 is 5.91 Å². The molecule has 6 nitrogen and oxygen atoms in total. The third kappa shape index (κ3) is 6.54. The summed E-state index contributed by atoms with van der Waals surface area (Å²) in [6.45, 7) is 1.71. The monoisotopic (exact) mass is 416 g/mol. The number of benzene rings is 3. The van der Waals surface area contributed by atoms with Crippen molar-refractivity contribution in [2.45, 2.75) is 13.3 Å². The molecule has 3 aromatic rings. The Labute approximate surface area is 181 Å². The van der Waals surface area contributed by atoms with Crippen LogP contribution in [-0.2, 0) is 11.2 Å². The highest BCUT2D eigenvalue weighted by molar-refractivity contribution is 6.04. The lowest BCUT2D eigenvalue weighted by Gasteiger charge is -2.12. The average molecular weight is 416 g/mol. The van der Waals surface area contributed by atoms with Gasteiger partial charge in [0.25, 0.3) is 11.8 Å². The van der Waals surface area contributed by atoms with Gasteiger partial charge in [0.15, 0.2) is 12.4 Å². The minimum absolute atomic E-state index is 0.0814. The van der Waals surface area contributed by atoms with Crippen LogP contribution in [0.3, 0.4) is 0 Å². The van der Waals surface area contributed by atoms with Gasteiger partial charge in [-0.1, -0.05) is 54.6 Å². The Bertz CT molecular complexity index is 1060. The normalized spacial score (nSPS) is 10.2. The number of hydrogen-bond acceptors (Lipinski definition) is 4. The van der Waals surface area contributed by atoms with Crippen molar-refractivity contribution in [3.8, 4) is 5.75 Å². The molecular weight excluding hydrogens is 392 g/mol. The van der Waals surface area contributed by atoms with E-state index in [1.54, 1.807) is 48.5 Å². The summed E-state index contributed by atoms with van der Waals surface area (Å²) in [5.74, 6) is -0.323. The number of Topliss-reactive ketones (excluding diaryl/α,β-unsaturated/α-hetero) is 1. The van der Waals surface area contributed by atoms with Crippen molar-refractivity contribution in [3.05, 3.63) is 95.6 Å². The Morgan fingerprint density at radius 1 is 0.871 bits per heavy atom. The second-order valence-electron chi connectivity index (χ2n) is 6.96. The highest BCUT2D eigenvalue weighted by Gasteiger charge is 2.13. The Kier molecular flexibility index (Phi) is 7.54. The average Bonchev–Trinajstić information content (AvgIpc) is 2.79. The standard InChI is InChI=1S/C25H24N2O4/c1-18(28)20-10-7-11-21(16-20)31-17-24(29)27-23-13-6-5-12-22(23)25(30)26-15-14-19-8-3-2-4-9-19/h2-13,16H,14-15,17H2,1H3,(H,26,30)(H,27,29). The zero-order valence-electron chi connectivity index (χ0n) is 17.3. The first-order valence-corrected chi connectivity index (χ1v) is 9.98. The molecule has 0 spiro atoms. The maximum Gasteiger partial charge on any atom is 0.262 e. The van der Waals surface area contributed by atoms with E-state index in [0.29, 0.717) is 35.5 Å². The van der Waals surface area contributed by atoms with Crippen LogP contribution in [0.5, 0.6) is 5.75 Å². The first-order valence-electron chi connectivity index (χ1n) is 9.98. The fraction of sp³-hybridized carbons (Fsp3) is 0.160. The maximum atomic E-state index is 12.6. The SMILES string of the molecule is CC(=O)c1cccc(OCC(=O)Nc2ccccc2C(=O)NCCc2ccccc2)c1. The quantitative estimate of drug-likeness (QED) is 0.519. The molecule has 2 amide bonds. The first kappa shape index (κ1) is 21.8. The Balaban J connectivity index is 1.55. The van der Waals surface area contributed by atoms with Crippen LogP contribution >= 0.6 is 0 Å². The van der Waals surface area contributed by atoms with Gasteiger partial charge in [-0.25, -0.2) is 0 Å². The first-order chi connectivity index (χ1) is 15.0. The summed E-state index contributed by atoms with van der Waals surface area (Å²) < 4.78 is 5.48. The Morgan fingerprint density at radius 2 is 1.61 bits per heavy atom. The summed E-state index contributed by atoms with van der Waals surface area (Å²) in [7, 11) is 0. The minimum Gasteiger partial charge on any atom is -0.484 e. The lowest BCUT2D eigenvalue weighted by atomic mass is 10.1. The summed E-state index contributed by atoms with van der Waals surface area (Å²) in [6, 6.07) is 23.3. The summed E-state index contributed by atoms with van der Waals surface area (Å²) in [5.41, 5.74) is 2.43. The van der Waals surface area contributed by atoms with Crippen LogP contribution in [0.4, 0.5) is 5.69 Å². The molecule has 158 valence electrons. The number of carbonyl (C=O) groups excluding carboxylic acids is 3. The molecule has 0 fully saturated rings. The van der Waals surface area contributed by atoms with E-state index in [4.69, 9.17) is 4.74 Å². The molecule has 0 unspecified atom stereocenters. The van der Waals surface area contributed by atoms with Crippen LogP contribution in [-0.4, -0.2) is 30.7 Å². The largest absolute Gasteiger partial charge is 0.484 e. The molecule has 0 aliphatic heterocycles. The number of amides is 2. The van der Waals surface area contributed by atoms with Gasteiger partial charge in [-0.3, -0.25) is 14.4 Å². The predicted octanol–water partition coefficient (Wildman–Crippen LogP) is 3.88. The Hall–Kier alpha value is -3.93. The van der Waals surface area contributed by atoms with E-state index in [2.05, 4.69) is 10.6 Å². The number of anilines is 1. The van der Waals surface area contributed by atoms with Crippen LogP contribution in [0.2, 0.25) is 0 Å². The van der Waals surface area contributed by atoms with Crippen LogP contribution < -0.4 is 15.4 Å². The molecule has 3 rings (SSSR count). The van der Waals surface area contributed by atoms with Crippen molar-refractivity contribution in [2.24, 2.45) is 0 Å². The molecule has 0 heterocycles. The van der Waals surface area contributed by atoms with E-state index in [0.717, 1.165) is 5.56 Å². The third-order valence-electron chi connectivity index (χ3n) is 4.60. The molecular formula is C25H24N2O4. The number of ether oxygens (including phenoxy) is 1. The van der Waals surface area contributed by atoms with Gasteiger partial charge in [-0.05, 0) is 43.2 Å². The van der Waals surface area contributed by atoms with Gasteiger partial charge in [0.05, 0.1) is 11.3 Å². The van der Waals surface area contributed by atoms with E-state index in [1.165, 1.54) is 6.92 Å². The van der Waals surface area contributed by atoms with Crippen molar-refractivity contribution in [1.29, 1.82) is 0 Å². The van der Waals surface area contributed by atoms with Gasteiger partial charge in [0.2, 0.25) is 0 Å². The van der Waals surface area contributed by atoms with Gasteiger partial charge in [-0.2, -0.15) is 0 Å². The molecule has 0 aliphatic rings. The molecule has 0 saturated heterocycles. The lowest BCUT2D eigenvalue weighted by molar-refractivity contribution is -0.118. The Morgan fingerprint density at radius 3 is 2.39 bits per heavy atom. The van der Waals surface area contributed by atoms with E-state index in [1.807, 2.05) is 30.3 Å². The summed E-state index contributed by atoms with van der Waals surface area (Å²) in [6.07, 6.45) is 0.717. The molecule has 2 N–H and O–H groups in total. The van der Waals surface area contributed by atoms with Crippen molar-refractivity contribution in [2.75, 3.05) is 18.5 Å². The van der Waals surface area contributed by atoms with Crippen molar-refractivity contribution in [1.82, 2.24) is 5.32 Å². The maximum absolute atomic E-state index is 12.6. The molecule has 0 bridgehead atoms. The number of hydrogen-bond donors (Lipinski definition) is 2. The van der Waals surface area contributed by atoms with E-state index in [9.17, 15) is 14.4 Å². The fourth-order valence-corrected chi connectivity index (χ4v) is 2.99. The molecule has 0 atom stereocenters. The van der Waals surface area contributed by atoms with E-state index >= 15 is 0 Å². The molecule has 31 heavy (non-hydrogen) atoms. The van der Waals surface area contributed by atoms with Gasteiger partial charge >= 0.3 is 0 Å². The smallest absolute Gasteiger partial charge is 0.262 e. The van der Waals surface area contributed by atoms with Crippen LogP contribution in [0, 0.1) is 0 Å². The third-order valence-corrected chi connectivity index (χ3v) is 4.60. The highest BCUT2D eigenvalue weighted by atomic mass is 16.5. The van der Waals surface area contributed by atoms with Gasteiger partial charge < -0.3 is 15.4 Å². The number of rotatable bonds is 9. The van der Waals surface area contributed by atoms with Crippen LogP contribution in [0.15, 0.2) is 78.9 Å². The number of ketones is 1. The molecule has 0 aliphatic carbocycles.